The van der Waals surface area contributed by atoms with E-state index in [1.807, 2.05) is 26.8 Å². The molecule has 3 aliphatic rings. The number of benzene rings is 2. The first-order valence-electron chi connectivity index (χ1n) is 12.9. The third-order valence-corrected chi connectivity index (χ3v) is 8.65. The summed E-state index contributed by atoms with van der Waals surface area (Å²) in [6.07, 6.45) is 1.47. The maximum atomic E-state index is 15.1. The van der Waals surface area contributed by atoms with Gasteiger partial charge in [0.25, 0.3) is 11.8 Å². The van der Waals surface area contributed by atoms with E-state index in [0.29, 0.717) is 42.0 Å². The Kier molecular flexibility index (Phi) is 6.88. The Morgan fingerprint density at radius 1 is 1.18 bits per heavy atom. The van der Waals surface area contributed by atoms with E-state index in [4.69, 9.17) is 4.74 Å². The molecule has 0 bridgehead atoms. The van der Waals surface area contributed by atoms with E-state index in [1.54, 1.807) is 22.9 Å². The van der Waals surface area contributed by atoms with Gasteiger partial charge < -0.3 is 15.0 Å². The summed E-state index contributed by atoms with van der Waals surface area (Å²) in [5.74, 6) is -1.69. The summed E-state index contributed by atoms with van der Waals surface area (Å²) >= 11 is 0. The second kappa shape index (κ2) is 9.91. The first-order chi connectivity index (χ1) is 18.4. The summed E-state index contributed by atoms with van der Waals surface area (Å²) in [6, 6.07) is 5.99. The Balaban J connectivity index is 1.45. The van der Waals surface area contributed by atoms with Crippen molar-refractivity contribution in [2.75, 3.05) is 18.5 Å². The molecular formula is C27H31FN4O6S. The zero-order chi connectivity index (χ0) is 28.1. The van der Waals surface area contributed by atoms with Crippen LogP contribution in [-0.2, 0) is 42.8 Å². The number of aryl methyl sites for hydroxylation is 1. The molecule has 10 nitrogen and oxygen atoms in total. The largest absolute Gasteiger partial charge is 0.494 e. The third kappa shape index (κ3) is 5.22. The van der Waals surface area contributed by atoms with Crippen molar-refractivity contribution in [2.45, 2.75) is 64.0 Å². The highest BCUT2D eigenvalue weighted by molar-refractivity contribution is 7.88. The van der Waals surface area contributed by atoms with Gasteiger partial charge in [-0.25, -0.2) is 9.11 Å². The number of hydrogen-bond donors (Lipinski definition) is 3. The normalized spacial score (nSPS) is 22.6. The fourth-order valence-electron chi connectivity index (χ4n) is 5.78. The molecule has 1 aliphatic carbocycles. The van der Waals surface area contributed by atoms with Gasteiger partial charge in [0.15, 0.2) is 0 Å². The molecule has 208 valence electrons. The molecule has 5 rings (SSSR count). The maximum absolute atomic E-state index is 15.1. The topological polar surface area (TPSA) is 134 Å². The van der Waals surface area contributed by atoms with Crippen molar-refractivity contribution < 1.29 is 31.9 Å². The van der Waals surface area contributed by atoms with E-state index < -0.39 is 46.4 Å². The zero-order valence-corrected chi connectivity index (χ0v) is 22.8. The van der Waals surface area contributed by atoms with Crippen LogP contribution in [0.5, 0.6) is 5.75 Å². The van der Waals surface area contributed by atoms with Gasteiger partial charge in [0.05, 0.1) is 13.0 Å². The lowest BCUT2D eigenvalue weighted by Crippen LogP contribution is -2.47. The number of nitrogens with one attached hydrogen (secondary N) is 3. The van der Waals surface area contributed by atoms with Crippen molar-refractivity contribution in [3.8, 4) is 5.75 Å². The predicted molar refractivity (Wildman–Crippen MR) is 141 cm³/mol. The fraction of sp³-hybridized carbons (Fsp3) is 0.444. The molecule has 0 spiro atoms. The van der Waals surface area contributed by atoms with Crippen molar-refractivity contribution in [3.05, 3.63) is 58.4 Å². The van der Waals surface area contributed by atoms with Gasteiger partial charge in [0.2, 0.25) is 5.91 Å². The van der Waals surface area contributed by atoms with E-state index in [9.17, 15) is 22.8 Å². The standard InChI is InChI=1S/C27H31FN4O6S/c1-4-38-18-5-6-19-15(12-18)8-10-32(22(33)14-21-25(34)31-39(36,37)30-21)24(19)26(35)29-17-11-16-7-9-27(2,3)23(16)20(28)13-17/h5-6,11-13,21,24,30H,4,7-10,14H2,1-3H3,(H,29,35)(H,31,34)/t21-,24+/m0/s1. The highest BCUT2D eigenvalue weighted by Gasteiger charge is 2.41. The minimum absolute atomic E-state index is 0.160. The van der Waals surface area contributed by atoms with Crippen LogP contribution in [0.3, 0.4) is 0 Å². The maximum Gasteiger partial charge on any atom is 0.302 e. The van der Waals surface area contributed by atoms with Gasteiger partial charge in [0, 0.05) is 12.2 Å². The van der Waals surface area contributed by atoms with E-state index in [1.165, 1.54) is 11.0 Å². The number of hydrogen-bond acceptors (Lipinski definition) is 6. The molecule has 2 aromatic carbocycles. The smallest absolute Gasteiger partial charge is 0.302 e. The van der Waals surface area contributed by atoms with Gasteiger partial charge in [-0.1, -0.05) is 19.9 Å². The highest BCUT2D eigenvalue weighted by atomic mass is 32.2. The lowest BCUT2D eigenvalue weighted by molar-refractivity contribution is -0.140. The van der Waals surface area contributed by atoms with Gasteiger partial charge in [-0.15, -0.1) is 0 Å². The summed E-state index contributed by atoms with van der Waals surface area (Å²) in [5.41, 5.74) is 2.90. The quantitative estimate of drug-likeness (QED) is 0.498. The fourth-order valence-corrected chi connectivity index (χ4v) is 6.82. The average molecular weight is 559 g/mol. The molecule has 1 saturated heterocycles. The number of ether oxygens (including phenoxy) is 1. The SMILES string of the molecule is CCOc1ccc2c(c1)CCN(C(=O)C[C@@H]1NS(=O)(=O)NC1=O)[C@H]2C(=O)Nc1cc(F)c2c(c1)CCC2(C)C. The highest BCUT2D eigenvalue weighted by Crippen LogP contribution is 2.41. The number of carbonyl (C=O) groups excluding carboxylic acids is 3. The van der Waals surface area contributed by atoms with E-state index in [0.717, 1.165) is 17.5 Å². The molecule has 2 heterocycles. The monoisotopic (exact) mass is 558 g/mol. The number of nitrogens with zero attached hydrogens (tertiary/aromatic N) is 1. The second-order valence-corrected chi connectivity index (χ2v) is 12.2. The Hall–Kier alpha value is -3.51. The van der Waals surface area contributed by atoms with Crippen molar-refractivity contribution >= 4 is 33.6 Å². The summed E-state index contributed by atoms with van der Waals surface area (Å²) in [7, 11) is -4.02. The van der Waals surface area contributed by atoms with Gasteiger partial charge in [-0.05, 0) is 78.1 Å². The lowest BCUT2D eigenvalue weighted by atomic mass is 9.86. The molecule has 1 fully saturated rings. The Morgan fingerprint density at radius 2 is 1.95 bits per heavy atom. The van der Waals surface area contributed by atoms with Crippen LogP contribution in [0.15, 0.2) is 30.3 Å². The molecular weight excluding hydrogens is 527 g/mol. The number of amides is 3. The Bertz CT molecular complexity index is 1470. The van der Waals surface area contributed by atoms with E-state index in [2.05, 4.69) is 10.0 Å². The first kappa shape index (κ1) is 27.1. The number of fused-ring (bicyclic) bond motifs is 2. The van der Waals surface area contributed by atoms with Crippen LogP contribution >= 0.6 is 0 Å². The zero-order valence-electron chi connectivity index (χ0n) is 22.0. The summed E-state index contributed by atoms with van der Waals surface area (Å²) in [6.45, 7) is 6.47. The van der Waals surface area contributed by atoms with Crippen molar-refractivity contribution in [3.63, 3.8) is 0 Å². The molecule has 3 amide bonds. The van der Waals surface area contributed by atoms with Crippen LogP contribution in [0.4, 0.5) is 10.1 Å². The number of halogens is 1. The van der Waals surface area contributed by atoms with Gasteiger partial charge in [-0.3, -0.25) is 14.4 Å². The van der Waals surface area contributed by atoms with E-state index in [-0.39, 0.29) is 17.8 Å². The second-order valence-electron chi connectivity index (χ2n) is 10.7. The average Bonchev–Trinajstić information content (AvgIpc) is 3.30. The molecule has 2 atom stereocenters. The number of carbonyl (C=O) groups is 3. The molecule has 0 saturated carbocycles. The van der Waals surface area contributed by atoms with Crippen LogP contribution in [0.1, 0.15) is 61.9 Å². The molecule has 3 N–H and O–H groups in total. The van der Waals surface area contributed by atoms with Crippen molar-refractivity contribution in [2.24, 2.45) is 0 Å². The molecule has 2 aromatic rings. The first-order valence-corrected chi connectivity index (χ1v) is 14.4. The van der Waals surface area contributed by atoms with Gasteiger partial charge >= 0.3 is 10.2 Å². The Morgan fingerprint density at radius 3 is 2.64 bits per heavy atom. The van der Waals surface area contributed by atoms with E-state index >= 15 is 4.39 Å². The van der Waals surface area contributed by atoms with Crippen molar-refractivity contribution in [1.82, 2.24) is 14.3 Å². The summed E-state index contributed by atoms with van der Waals surface area (Å²) in [5, 5.41) is 2.80. The molecule has 0 aromatic heterocycles. The van der Waals surface area contributed by atoms with Crippen LogP contribution in [0.25, 0.3) is 0 Å². The predicted octanol–water partition coefficient (Wildman–Crippen LogP) is 2.24. The molecule has 12 heteroatoms. The summed E-state index contributed by atoms with van der Waals surface area (Å²) < 4.78 is 48.0. The molecule has 0 unspecified atom stereocenters. The minimum atomic E-state index is -4.02. The number of rotatable bonds is 6. The van der Waals surface area contributed by atoms with Crippen LogP contribution in [-0.4, -0.2) is 50.2 Å². The third-order valence-electron chi connectivity index (χ3n) is 7.59. The molecule has 2 aliphatic heterocycles. The van der Waals surface area contributed by atoms with Gasteiger partial charge in [-0.2, -0.15) is 13.1 Å². The number of anilines is 1. The van der Waals surface area contributed by atoms with Crippen LogP contribution in [0.2, 0.25) is 0 Å². The van der Waals surface area contributed by atoms with Crippen molar-refractivity contribution in [1.29, 1.82) is 0 Å². The van der Waals surface area contributed by atoms with Crippen LogP contribution < -0.4 is 19.5 Å². The van der Waals surface area contributed by atoms with Gasteiger partial charge in [0.1, 0.15) is 23.7 Å². The minimum Gasteiger partial charge on any atom is -0.494 e. The molecule has 0 radical (unpaired) electrons. The molecule has 39 heavy (non-hydrogen) atoms. The Labute approximate surface area is 226 Å². The summed E-state index contributed by atoms with van der Waals surface area (Å²) in [4.78, 5) is 40.6. The van der Waals surface area contributed by atoms with Crippen LogP contribution in [0, 0.1) is 5.82 Å². The lowest BCUT2D eigenvalue weighted by Gasteiger charge is -2.37.